The first-order chi connectivity index (χ1) is 7.19. The predicted octanol–water partition coefficient (Wildman–Crippen LogP) is 2.11. The van der Waals surface area contributed by atoms with Crippen LogP contribution >= 0.6 is 0 Å². The highest BCUT2D eigenvalue weighted by Gasteiger charge is 3.01. The highest BCUT2D eigenvalue weighted by atomic mass is 15.0. The maximum Gasteiger partial charge on any atom is 0.106 e. The van der Waals surface area contributed by atoms with Crippen LogP contribution in [0.5, 0.6) is 0 Å². The van der Waals surface area contributed by atoms with Crippen molar-refractivity contribution in [1.29, 1.82) is 0 Å². The van der Waals surface area contributed by atoms with Gasteiger partial charge in [0.05, 0.1) is 0 Å². The van der Waals surface area contributed by atoms with Crippen LogP contribution in [0.3, 0.4) is 0 Å². The quantitative estimate of drug-likeness (QED) is 0.523. The van der Waals surface area contributed by atoms with Gasteiger partial charge in [-0.1, -0.05) is 19.2 Å². The van der Waals surface area contributed by atoms with Crippen LogP contribution in [0.4, 0.5) is 0 Å². The molecule has 0 aromatic carbocycles. The Morgan fingerprint density at radius 1 is 1.00 bits per heavy atom. The molecule has 6 aliphatic carbocycles. The van der Waals surface area contributed by atoms with Gasteiger partial charge in [0.15, 0.2) is 0 Å². The Morgan fingerprint density at radius 2 is 1.67 bits per heavy atom. The van der Waals surface area contributed by atoms with Crippen molar-refractivity contribution in [1.82, 2.24) is 0 Å². The SMILES string of the molecule is B[C@@H]1CC2(C)C3CC4C5CC6C(C3)C12C456. The van der Waals surface area contributed by atoms with E-state index >= 15 is 0 Å². The van der Waals surface area contributed by atoms with Gasteiger partial charge in [0.2, 0.25) is 0 Å². The summed E-state index contributed by atoms with van der Waals surface area (Å²) in [6, 6.07) is 0. The zero-order valence-electron chi connectivity index (χ0n) is 9.79. The third-order valence-corrected chi connectivity index (χ3v) is 8.94. The molecule has 6 saturated carbocycles. The summed E-state index contributed by atoms with van der Waals surface area (Å²) < 4.78 is 0. The normalized spacial score (nSPS) is 88.3. The van der Waals surface area contributed by atoms with E-state index in [1.165, 1.54) is 23.7 Å². The molecule has 0 aliphatic heterocycles. The summed E-state index contributed by atoms with van der Waals surface area (Å²) in [5, 5.41) is 0. The molecule has 0 radical (unpaired) electrons. The Balaban J connectivity index is 1.71. The fourth-order valence-electron chi connectivity index (χ4n) is 9.29. The van der Waals surface area contributed by atoms with Crippen LogP contribution < -0.4 is 0 Å². The molecule has 6 rings (SSSR count). The Bertz CT molecular complexity index is 427. The minimum absolute atomic E-state index is 0.833. The first-order valence-electron chi connectivity index (χ1n) is 7.19. The molecule has 0 nitrogen and oxygen atoms in total. The van der Waals surface area contributed by atoms with Crippen LogP contribution in [-0.4, -0.2) is 7.85 Å². The molecule has 6 fully saturated rings. The maximum absolute atomic E-state index is 2.69. The molecule has 0 amide bonds. The smallest absolute Gasteiger partial charge is 0.0623 e. The molecule has 2 bridgehead atoms. The van der Waals surface area contributed by atoms with Gasteiger partial charge in [0.25, 0.3) is 0 Å². The Morgan fingerprint density at radius 3 is 2.47 bits per heavy atom. The van der Waals surface area contributed by atoms with E-state index in [1.807, 2.05) is 0 Å². The second-order valence-electron chi connectivity index (χ2n) is 8.15. The lowest BCUT2D eigenvalue weighted by Gasteiger charge is -2.80. The summed E-state index contributed by atoms with van der Waals surface area (Å²) in [6.45, 7) is 2.69. The highest BCUT2D eigenvalue weighted by Crippen LogP contribution is 3.06. The topological polar surface area (TPSA) is 0 Å². The van der Waals surface area contributed by atoms with Crippen LogP contribution in [0.2, 0.25) is 5.82 Å². The second-order valence-corrected chi connectivity index (χ2v) is 8.15. The maximum atomic E-state index is 2.69. The molecule has 0 saturated heterocycles. The van der Waals surface area contributed by atoms with E-state index in [1.54, 1.807) is 25.7 Å². The fraction of sp³-hybridized carbons (Fsp3) is 1.00. The average Bonchev–Trinajstić information content (AvgIpc) is 2.71. The molecule has 15 heavy (non-hydrogen) atoms. The lowest BCUT2D eigenvalue weighted by Crippen LogP contribution is -2.75. The predicted molar refractivity (Wildman–Crippen MR) is 61.2 cm³/mol. The van der Waals surface area contributed by atoms with Crippen molar-refractivity contribution in [3.63, 3.8) is 0 Å². The van der Waals surface area contributed by atoms with E-state index in [4.69, 9.17) is 0 Å². The third-order valence-electron chi connectivity index (χ3n) is 8.94. The van der Waals surface area contributed by atoms with Gasteiger partial charge in [-0.15, -0.1) is 0 Å². The summed E-state index contributed by atoms with van der Waals surface area (Å²) in [6.07, 6.45) is 6.55. The molecule has 78 valence electrons. The Labute approximate surface area is 92.6 Å². The van der Waals surface area contributed by atoms with E-state index in [-0.39, 0.29) is 0 Å². The molecular formula is C14H19B. The van der Waals surface area contributed by atoms with Gasteiger partial charge in [0, 0.05) is 0 Å². The van der Waals surface area contributed by atoms with Crippen molar-refractivity contribution in [2.24, 2.45) is 45.8 Å². The molecule has 0 aromatic rings. The summed E-state index contributed by atoms with van der Waals surface area (Å²) >= 11 is 0. The van der Waals surface area contributed by atoms with Crippen LogP contribution in [-0.2, 0) is 0 Å². The molecule has 1 heteroatoms. The lowest BCUT2D eigenvalue weighted by molar-refractivity contribution is -0.299. The molecular weight excluding hydrogens is 179 g/mol. The standard InChI is InChI=1S/C14H19B/c1-12-5-11(15)14(12)10-3-6(12)2-7-8-4-9(10)13(7,8)14/h6-11H,2-5,15H2,1H3/t6?,7?,8?,9?,10?,11-,12?,13?,14?/m1/s1. The minimum Gasteiger partial charge on any atom is -0.0623 e. The molecule has 0 N–H and O–H groups in total. The van der Waals surface area contributed by atoms with Gasteiger partial charge in [-0.2, -0.15) is 0 Å². The average molecular weight is 198 g/mol. The molecule has 2 spiro atoms. The monoisotopic (exact) mass is 198 g/mol. The van der Waals surface area contributed by atoms with Crippen molar-refractivity contribution < 1.29 is 0 Å². The van der Waals surface area contributed by atoms with Gasteiger partial charge in [0.1, 0.15) is 7.85 Å². The molecule has 8 unspecified atom stereocenters. The molecule has 0 heterocycles. The summed E-state index contributed by atoms with van der Waals surface area (Å²) in [5.41, 5.74) is 2.73. The minimum atomic E-state index is 0.833. The summed E-state index contributed by atoms with van der Waals surface area (Å²) in [4.78, 5) is 0. The van der Waals surface area contributed by atoms with E-state index in [0.29, 0.717) is 0 Å². The molecule has 0 aromatic heterocycles. The molecule has 6 aliphatic rings. The fourth-order valence-corrected chi connectivity index (χ4v) is 9.29. The van der Waals surface area contributed by atoms with E-state index in [2.05, 4.69) is 14.8 Å². The van der Waals surface area contributed by atoms with E-state index < -0.39 is 0 Å². The van der Waals surface area contributed by atoms with Gasteiger partial charge in [-0.05, 0) is 65.1 Å². The highest BCUT2D eigenvalue weighted by molar-refractivity contribution is 6.13. The van der Waals surface area contributed by atoms with Gasteiger partial charge in [-0.25, -0.2) is 0 Å². The number of hydrogen-bond acceptors (Lipinski definition) is 0. The Kier molecular flexibility index (Phi) is 0.738. The van der Waals surface area contributed by atoms with Gasteiger partial charge >= 0.3 is 0 Å². The van der Waals surface area contributed by atoms with E-state index in [0.717, 1.165) is 28.0 Å². The first-order valence-corrected chi connectivity index (χ1v) is 7.19. The van der Waals surface area contributed by atoms with Crippen LogP contribution in [0.25, 0.3) is 0 Å². The Hall–Kier alpha value is 0.0649. The van der Waals surface area contributed by atoms with Gasteiger partial charge in [-0.3, -0.25) is 0 Å². The van der Waals surface area contributed by atoms with Crippen LogP contribution in [0, 0.1) is 45.8 Å². The van der Waals surface area contributed by atoms with Crippen LogP contribution in [0.15, 0.2) is 0 Å². The zero-order chi connectivity index (χ0) is 9.79. The number of fused-ring (bicyclic) bond motifs is 2. The largest absolute Gasteiger partial charge is 0.106 e. The zero-order valence-corrected chi connectivity index (χ0v) is 9.79. The van der Waals surface area contributed by atoms with Crippen molar-refractivity contribution >= 4 is 7.85 Å². The number of hydrogen-bond donors (Lipinski definition) is 0. The number of rotatable bonds is 0. The van der Waals surface area contributed by atoms with Crippen molar-refractivity contribution in [2.45, 2.75) is 38.4 Å². The van der Waals surface area contributed by atoms with Crippen molar-refractivity contribution in [3.05, 3.63) is 0 Å². The first kappa shape index (κ1) is 7.40. The lowest BCUT2D eigenvalue weighted by atomic mass is 9.21. The van der Waals surface area contributed by atoms with Crippen molar-refractivity contribution in [2.75, 3.05) is 0 Å². The third kappa shape index (κ3) is 0.345. The summed E-state index contributed by atoms with van der Waals surface area (Å²) in [5.74, 6) is 7.18. The summed E-state index contributed by atoms with van der Waals surface area (Å²) in [7, 11) is 2.60. The van der Waals surface area contributed by atoms with Crippen molar-refractivity contribution in [3.8, 4) is 0 Å². The van der Waals surface area contributed by atoms with Crippen LogP contribution in [0.1, 0.15) is 32.6 Å². The second kappa shape index (κ2) is 1.50. The van der Waals surface area contributed by atoms with Gasteiger partial charge < -0.3 is 0 Å². The molecule has 9 atom stereocenters. The van der Waals surface area contributed by atoms with E-state index in [9.17, 15) is 0 Å².